The van der Waals surface area contributed by atoms with Gasteiger partial charge < -0.3 is 12.9 Å². The fourth-order valence-corrected chi connectivity index (χ4v) is 0.830. The monoisotopic (exact) mass is 189 g/mol. The van der Waals surface area contributed by atoms with Crippen LogP contribution in [0.4, 0.5) is 17.3 Å². The van der Waals surface area contributed by atoms with Crippen molar-refractivity contribution in [2.45, 2.75) is 0 Å². The third-order valence-corrected chi connectivity index (χ3v) is 1.36. The van der Waals surface area contributed by atoms with Crippen molar-refractivity contribution < 1.29 is 17.3 Å². The zero-order chi connectivity index (χ0) is 9.90. The summed E-state index contributed by atoms with van der Waals surface area (Å²) in [6.45, 7) is -4.94. The summed E-state index contributed by atoms with van der Waals surface area (Å²) in [6, 6.07) is 4.98. The van der Waals surface area contributed by atoms with Gasteiger partial charge in [-0.25, -0.2) is 4.39 Å². The summed E-state index contributed by atoms with van der Waals surface area (Å²) < 4.78 is 47.6. The highest BCUT2D eigenvalue weighted by atomic mass is 19.4. The Labute approximate surface area is 72.9 Å². The van der Waals surface area contributed by atoms with E-state index in [0.717, 1.165) is 12.1 Å². The molecule has 0 bridgehead atoms. The van der Waals surface area contributed by atoms with E-state index >= 15 is 0 Å². The summed E-state index contributed by atoms with van der Waals surface area (Å²) in [5, 5.41) is 0. The maximum Gasteiger partial charge on any atom is 0.502 e. The van der Waals surface area contributed by atoms with Crippen LogP contribution >= 0.6 is 0 Å². The first-order valence-corrected chi connectivity index (χ1v) is 3.62. The summed E-state index contributed by atoms with van der Waals surface area (Å²) >= 11 is 0. The van der Waals surface area contributed by atoms with Crippen LogP contribution < -0.4 is 0 Å². The molecule has 0 heterocycles. The van der Waals surface area contributed by atoms with Crippen LogP contribution in [0, 0.1) is 5.82 Å². The predicted molar refractivity (Wildman–Crippen MR) is 44.5 cm³/mol. The minimum absolute atomic E-state index is 0.134. The molecule has 0 aromatic heterocycles. The van der Waals surface area contributed by atoms with E-state index in [1.165, 1.54) is 18.2 Å². The van der Waals surface area contributed by atoms with E-state index in [9.17, 15) is 17.3 Å². The second-order valence-corrected chi connectivity index (χ2v) is 2.54. The van der Waals surface area contributed by atoms with Gasteiger partial charge in [-0.3, -0.25) is 0 Å². The van der Waals surface area contributed by atoms with Gasteiger partial charge in [0.05, 0.1) is 0 Å². The molecular weight excluding hydrogens is 183 g/mol. The minimum Gasteiger partial charge on any atom is -0.445 e. The quantitative estimate of drug-likeness (QED) is 0.494. The number of halogens is 4. The van der Waals surface area contributed by atoms with Crippen LogP contribution in [0.5, 0.6) is 0 Å². The van der Waals surface area contributed by atoms with Crippen molar-refractivity contribution in [1.82, 2.24) is 0 Å². The molecule has 0 fully saturated rings. The van der Waals surface area contributed by atoms with Gasteiger partial charge in [-0.05, 0) is 17.7 Å². The highest BCUT2D eigenvalue weighted by Crippen LogP contribution is 2.13. The lowest BCUT2D eigenvalue weighted by Crippen LogP contribution is -2.09. The van der Waals surface area contributed by atoms with Crippen molar-refractivity contribution in [1.29, 1.82) is 0 Å². The fourth-order valence-electron chi connectivity index (χ4n) is 0.830. The smallest absolute Gasteiger partial charge is 0.445 e. The first kappa shape index (κ1) is 9.83. The normalized spacial score (nSPS) is 12.3. The van der Waals surface area contributed by atoms with Crippen LogP contribution in [0.1, 0.15) is 5.56 Å². The van der Waals surface area contributed by atoms with Crippen LogP contribution in [0.2, 0.25) is 0 Å². The molecule has 1 aromatic rings. The molecule has 0 saturated heterocycles. The second kappa shape index (κ2) is 3.64. The van der Waals surface area contributed by atoms with E-state index in [0.29, 0.717) is 0 Å². The van der Waals surface area contributed by atoms with Gasteiger partial charge in [0.15, 0.2) is 0 Å². The standard InChI is InChI=1S/C8H6BF4/c10-8-3-1-2-7(6-8)4-5-9(11,12)13/h1-6H/q-1/b5-4+. The average molecular weight is 189 g/mol. The predicted octanol–water partition coefficient (Wildman–Crippen LogP) is 3.23. The molecular formula is C8H6BF4-. The van der Waals surface area contributed by atoms with Crippen molar-refractivity contribution in [3.05, 3.63) is 41.6 Å². The molecule has 0 N–H and O–H groups in total. The Kier molecular flexibility index (Phi) is 2.75. The Hall–Kier alpha value is -1.26. The largest absolute Gasteiger partial charge is 0.502 e. The lowest BCUT2D eigenvalue weighted by Gasteiger charge is -2.05. The SMILES string of the molecule is Fc1cccc(/C=C/[B-](F)(F)F)c1. The van der Waals surface area contributed by atoms with E-state index in [1.807, 2.05) is 0 Å². The molecule has 0 aliphatic carbocycles. The molecule has 1 rings (SSSR count). The van der Waals surface area contributed by atoms with Gasteiger partial charge in [-0.1, -0.05) is 18.2 Å². The van der Waals surface area contributed by atoms with Crippen molar-refractivity contribution in [3.63, 3.8) is 0 Å². The molecule has 0 aliphatic rings. The van der Waals surface area contributed by atoms with Gasteiger partial charge in [0.25, 0.3) is 0 Å². The summed E-state index contributed by atoms with van der Waals surface area (Å²) in [4.78, 5) is 0. The van der Waals surface area contributed by atoms with Crippen molar-refractivity contribution in [2.75, 3.05) is 0 Å². The molecule has 5 heteroatoms. The summed E-state index contributed by atoms with van der Waals surface area (Å²) in [7, 11) is 0. The number of rotatable bonds is 2. The lowest BCUT2D eigenvalue weighted by atomic mass is 9.91. The maximum atomic E-state index is 12.5. The molecule has 70 valence electrons. The first-order valence-electron chi connectivity index (χ1n) is 3.62. The van der Waals surface area contributed by atoms with Gasteiger partial charge in [-0.2, -0.15) is 0 Å². The Morgan fingerprint density at radius 2 is 1.85 bits per heavy atom. The molecule has 0 unspecified atom stereocenters. The molecule has 0 amide bonds. The third-order valence-electron chi connectivity index (χ3n) is 1.36. The Bertz CT molecular complexity index is 316. The first-order chi connectivity index (χ1) is 5.97. The Balaban J connectivity index is 2.80. The van der Waals surface area contributed by atoms with Gasteiger partial charge in [0.1, 0.15) is 5.82 Å². The molecule has 13 heavy (non-hydrogen) atoms. The molecule has 1 aromatic carbocycles. The summed E-state index contributed by atoms with van der Waals surface area (Å²) in [6.07, 6.45) is 0.850. The van der Waals surface area contributed by atoms with Crippen LogP contribution in [-0.2, 0) is 0 Å². The minimum atomic E-state index is -4.94. The summed E-state index contributed by atoms with van der Waals surface area (Å²) in [5.41, 5.74) is 0.208. The fraction of sp³-hybridized carbons (Fsp3) is 0. The molecule has 0 radical (unpaired) electrons. The van der Waals surface area contributed by atoms with Crippen LogP contribution in [-0.4, -0.2) is 6.98 Å². The maximum absolute atomic E-state index is 12.5. The topological polar surface area (TPSA) is 0 Å². The van der Waals surface area contributed by atoms with Gasteiger partial charge in [0, 0.05) is 0 Å². The lowest BCUT2D eigenvalue weighted by molar-refractivity contribution is 0.499. The zero-order valence-electron chi connectivity index (χ0n) is 6.55. The molecule has 0 nitrogen and oxygen atoms in total. The second-order valence-electron chi connectivity index (χ2n) is 2.54. The zero-order valence-corrected chi connectivity index (χ0v) is 6.55. The summed E-state index contributed by atoms with van der Waals surface area (Å²) in [5.74, 6) is -0.411. The highest BCUT2D eigenvalue weighted by Gasteiger charge is 2.16. The number of benzene rings is 1. The van der Waals surface area contributed by atoms with Crippen molar-refractivity contribution in [3.8, 4) is 0 Å². The molecule has 0 saturated carbocycles. The van der Waals surface area contributed by atoms with Gasteiger partial charge in [-0.15, -0.1) is 5.98 Å². The Morgan fingerprint density at radius 3 is 2.38 bits per heavy atom. The van der Waals surface area contributed by atoms with Crippen LogP contribution in [0.15, 0.2) is 30.2 Å². The van der Waals surface area contributed by atoms with Crippen molar-refractivity contribution >= 4 is 13.1 Å². The van der Waals surface area contributed by atoms with Crippen LogP contribution in [0.3, 0.4) is 0 Å². The van der Waals surface area contributed by atoms with E-state index in [4.69, 9.17) is 0 Å². The van der Waals surface area contributed by atoms with Crippen LogP contribution in [0.25, 0.3) is 6.08 Å². The van der Waals surface area contributed by atoms with E-state index in [-0.39, 0.29) is 11.5 Å². The molecule has 0 spiro atoms. The van der Waals surface area contributed by atoms with Crippen molar-refractivity contribution in [2.24, 2.45) is 0 Å². The number of hydrogen-bond acceptors (Lipinski definition) is 0. The van der Waals surface area contributed by atoms with E-state index < -0.39 is 12.8 Å². The Morgan fingerprint density at radius 1 is 1.15 bits per heavy atom. The average Bonchev–Trinajstić information content (AvgIpc) is 2.00. The van der Waals surface area contributed by atoms with Gasteiger partial charge in [0.2, 0.25) is 0 Å². The number of hydrogen-bond donors (Lipinski definition) is 0. The van der Waals surface area contributed by atoms with E-state index in [2.05, 4.69) is 0 Å². The highest BCUT2D eigenvalue weighted by molar-refractivity contribution is 6.64. The third kappa shape index (κ3) is 3.78. The molecule has 0 aliphatic heterocycles. The van der Waals surface area contributed by atoms with E-state index in [1.54, 1.807) is 0 Å². The van der Waals surface area contributed by atoms with Gasteiger partial charge >= 0.3 is 6.98 Å². The molecule has 0 atom stereocenters.